The molecule has 2 nitrogen and oxygen atoms in total. The van der Waals surface area contributed by atoms with Crippen molar-refractivity contribution in [2.75, 3.05) is 18.0 Å². The third-order valence-corrected chi connectivity index (χ3v) is 3.64. The van der Waals surface area contributed by atoms with Gasteiger partial charge in [0.15, 0.2) is 0 Å². The standard InChI is InChI=1S/C13H20N2/c1-10-5-3-4-6-13(10)15-8-7-12(9-14)11(15)2/h3-6,11-12H,7-9,14H2,1-2H3. The van der Waals surface area contributed by atoms with E-state index < -0.39 is 0 Å². The Morgan fingerprint density at radius 1 is 1.40 bits per heavy atom. The molecule has 2 rings (SSSR count). The maximum Gasteiger partial charge on any atom is 0.0398 e. The van der Waals surface area contributed by atoms with Gasteiger partial charge in [0, 0.05) is 18.3 Å². The van der Waals surface area contributed by atoms with Crippen LogP contribution in [0, 0.1) is 12.8 Å². The van der Waals surface area contributed by atoms with E-state index in [1.54, 1.807) is 0 Å². The van der Waals surface area contributed by atoms with Gasteiger partial charge in [-0.3, -0.25) is 0 Å². The van der Waals surface area contributed by atoms with E-state index in [9.17, 15) is 0 Å². The first-order valence-electron chi connectivity index (χ1n) is 5.76. The van der Waals surface area contributed by atoms with E-state index in [2.05, 4.69) is 43.0 Å². The van der Waals surface area contributed by atoms with E-state index in [1.165, 1.54) is 17.7 Å². The number of benzene rings is 1. The van der Waals surface area contributed by atoms with Crippen LogP contribution >= 0.6 is 0 Å². The van der Waals surface area contributed by atoms with Crippen molar-refractivity contribution in [2.45, 2.75) is 26.3 Å². The van der Waals surface area contributed by atoms with E-state index in [0.29, 0.717) is 12.0 Å². The molecule has 2 atom stereocenters. The van der Waals surface area contributed by atoms with Gasteiger partial charge < -0.3 is 10.6 Å². The van der Waals surface area contributed by atoms with Gasteiger partial charge >= 0.3 is 0 Å². The number of nitrogens with zero attached hydrogens (tertiary/aromatic N) is 1. The third kappa shape index (κ3) is 1.86. The smallest absolute Gasteiger partial charge is 0.0398 e. The highest BCUT2D eigenvalue weighted by molar-refractivity contribution is 5.54. The van der Waals surface area contributed by atoms with Crippen LogP contribution in [0.4, 0.5) is 5.69 Å². The molecule has 2 heteroatoms. The molecule has 2 unspecified atom stereocenters. The molecule has 1 aliphatic rings. The predicted octanol–water partition coefficient (Wildman–Crippen LogP) is 2.17. The lowest BCUT2D eigenvalue weighted by atomic mass is 10.0. The van der Waals surface area contributed by atoms with Gasteiger partial charge in [-0.1, -0.05) is 18.2 Å². The summed E-state index contributed by atoms with van der Waals surface area (Å²) in [5, 5.41) is 0. The Bertz CT molecular complexity index is 335. The molecule has 1 saturated heterocycles. The quantitative estimate of drug-likeness (QED) is 0.800. The van der Waals surface area contributed by atoms with Gasteiger partial charge in [0.1, 0.15) is 0 Å². The Labute approximate surface area is 92.1 Å². The minimum atomic E-state index is 0.580. The van der Waals surface area contributed by atoms with Crippen LogP contribution in [0.15, 0.2) is 24.3 Å². The van der Waals surface area contributed by atoms with Crippen molar-refractivity contribution < 1.29 is 0 Å². The highest BCUT2D eigenvalue weighted by Crippen LogP contribution is 2.30. The summed E-state index contributed by atoms with van der Waals surface area (Å²) < 4.78 is 0. The molecule has 0 amide bonds. The van der Waals surface area contributed by atoms with Gasteiger partial charge in [-0.25, -0.2) is 0 Å². The van der Waals surface area contributed by atoms with Crippen LogP contribution in [-0.2, 0) is 0 Å². The van der Waals surface area contributed by atoms with Crippen LogP contribution in [0.25, 0.3) is 0 Å². The fourth-order valence-electron chi connectivity index (χ4n) is 2.54. The first-order valence-corrected chi connectivity index (χ1v) is 5.76. The van der Waals surface area contributed by atoms with Crippen molar-refractivity contribution in [1.82, 2.24) is 0 Å². The molecule has 1 fully saturated rings. The summed E-state index contributed by atoms with van der Waals surface area (Å²) in [6, 6.07) is 9.18. The fourth-order valence-corrected chi connectivity index (χ4v) is 2.54. The van der Waals surface area contributed by atoms with Crippen LogP contribution in [0.5, 0.6) is 0 Å². The molecule has 1 aliphatic heterocycles. The summed E-state index contributed by atoms with van der Waals surface area (Å²) in [6.45, 7) is 6.42. The summed E-state index contributed by atoms with van der Waals surface area (Å²) >= 11 is 0. The number of hydrogen-bond donors (Lipinski definition) is 1. The Morgan fingerprint density at radius 3 is 2.73 bits per heavy atom. The number of anilines is 1. The van der Waals surface area contributed by atoms with Gasteiger partial charge in [0.25, 0.3) is 0 Å². The van der Waals surface area contributed by atoms with E-state index >= 15 is 0 Å². The normalized spacial score (nSPS) is 25.9. The Balaban J connectivity index is 2.22. The van der Waals surface area contributed by atoms with Gasteiger partial charge in [0.2, 0.25) is 0 Å². The van der Waals surface area contributed by atoms with E-state index in [4.69, 9.17) is 5.73 Å². The number of rotatable bonds is 2. The summed E-state index contributed by atoms with van der Waals surface area (Å²) in [6.07, 6.45) is 1.23. The molecule has 0 saturated carbocycles. The second-order valence-electron chi connectivity index (χ2n) is 4.50. The first kappa shape index (κ1) is 10.5. The fraction of sp³-hybridized carbons (Fsp3) is 0.538. The highest BCUT2D eigenvalue weighted by atomic mass is 15.2. The zero-order chi connectivity index (χ0) is 10.8. The van der Waals surface area contributed by atoms with Gasteiger partial charge in [-0.2, -0.15) is 0 Å². The first-order chi connectivity index (χ1) is 7.24. The Hall–Kier alpha value is -1.02. The number of nitrogens with two attached hydrogens (primary N) is 1. The lowest BCUT2D eigenvalue weighted by Crippen LogP contribution is -2.33. The minimum absolute atomic E-state index is 0.580. The average molecular weight is 204 g/mol. The van der Waals surface area contributed by atoms with Crippen LogP contribution in [-0.4, -0.2) is 19.1 Å². The zero-order valence-corrected chi connectivity index (χ0v) is 9.61. The molecule has 0 radical (unpaired) electrons. The SMILES string of the molecule is Cc1ccccc1N1CCC(CN)C1C. The van der Waals surface area contributed by atoms with Crippen molar-refractivity contribution in [2.24, 2.45) is 11.7 Å². The lowest BCUT2D eigenvalue weighted by Gasteiger charge is -2.27. The number of hydrogen-bond acceptors (Lipinski definition) is 2. The maximum atomic E-state index is 5.78. The molecule has 82 valence electrons. The van der Waals surface area contributed by atoms with Gasteiger partial charge in [-0.05, 0) is 44.4 Å². The van der Waals surface area contributed by atoms with Crippen LogP contribution < -0.4 is 10.6 Å². The number of para-hydroxylation sites is 1. The van der Waals surface area contributed by atoms with Crippen molar-refractivity contribution in [3.8, 4) is 0 Å². The van der Waals surface area contributed by atoms with Crippen molar-refractivity contribution in [3.05, 3.63) is 29.8 Å². The summed E-state index contributed by atoms with van der Waals surface area (Å²) in [5.41, 5.74) is 8.51. The molecule has 2 N–H and O–H groups in total. The predicted molar refractivity (Wildman–Crippen MR) is 65.1 cm³/mol. The molecule has 1 aromatic carbocycles. The topological polar surface area (TPSA) is 29.3 Å². The van der Waals surface area contributed by atoms with Gasteiger partial charge in [-0.15, -0.1) is 0 Å². The average Bonchev–Trinajstić information content (AvgIpc) is 2.60. The van der Waals surface area contributed by atoms with Crippen LogP contribution in [0.1, 0.15) is 18.9 Å². The molecule has 0 aromatic heterocycles. The third-order valence-electron chi connectivity index (χ3n) is 3.64. The zero-order valence-electron chi connectivity index (χ0n) is 9.61. The highest BCUT2D eigenvalue weighted by Gasteiger charge is 2.29. The summed E-state index contributed by atoms with van der Waals surface area (Å²) in [7, 11) is 0. The molecule has 0 bridgehead atoms. The number of aryl methyl sites for hydroxylation is 1. The summed E-state index contributed by atoms with van der Waals surface area (Å²) in [4.78, 5) is 2.49. The van der Waals surface area contributed by atoms with Gasteiger partial charge in [0.05, 0.1) is 0 Å². The molecule has 15 heavy (non-hydrogen) atoms. The lowest BCUT2D eigenvalue weighted by molar-refractivity contribution is 0.508. The molecule has 0 aliphatic carbocycles. The van der Waals surface area contributed by atoms with Crippen molar-refractivity contribution in [3.63, 3.8) is 0 Å². The van der Waals surface area contributed by atoms with E-state index in [1.807, 2.05) is 0 Å². The van der Waals surface area contributed by atoms with Crippen LogP contribution in [0.3, 0.4) is 0 Å². The monoisotopic (exact) mass is 204 g/mol. The van der Waals surface area contributed by atoms with Crippen molar-refractivity contribution in [1.29, 1.82) is 0 Å². The largest absolute Gasteiger partial charge is 0.368 e. The maximum absolute atomic E-state index is 5.78. The molecular formula is C13H20N2. The van der Waals surface area contributed by atoms with E-state index in [0.717, 1.165) is 13.1 Å². The Kier molecular flexibility index (Phi) is 2.96. The molecular weight excluding hydrogens is 184 g/mol. The molecule has 1 heterocycles. The second-order valence-corrected chi connectivity index (χ2v) is 4.50. The van der Waals surface area contributed by atoms with Crippen LogP contribution in [0.2, 0.25) is 0 Å². The Morgan fingerprint density at radius 2 is 2.13 bits per heavy atom. The van der Waals surface area contributed by atoms with E-state index in [-0.39, 0.29) is 0 Å². The molecule has 1 aromatic rings. The molecule has 0 spiro atoms. The summed E-state index contributed by atoms with van der Waals surface area (Å²) in [5.74, 6) is 0.657. The minimum Gasteiger partial charge on any atom is -0.368 e. The second kappa shape index (κ2) is 4.23. The van der Waals surface area contributed by atoms with Crippen molar-refractivity contribution >= 4 is 5.69 Å².